The van der Waals surface area contributed by atoms with Gasteiger partial charge in [0.15, 0.2) is 6.10 Å². The van der Waals surface area contributed by atoms with E-state index in [1.54, 1.807) is 25.1 Å². The average Bonchev–Trinajstić information content (AvgIpc) is 3.52. The molecule has 202 valence electrons. The highest BCUT2D eigenvalue weighted by atomic mass is 16.5. The van der Waals surface area contributed by atoms with Gasteiger partial charge < -0.3 is 30.6 Å². The number of aryl methyl sites for hydroxylation is 1. The first-order chi connectivity index (χ1) is 18.7. The summed E-state index contributed by atoms with van der Waals surface area (Å²) in [5, 5.41) is 24.3. The van der Waals surface area contributed by atoms with E-state index in [-0.39, 0.29) is 17.8 Å². The van der Waals surface area contributed by atoms with Gasteiger partial charge in [0, 0.05) is 35.1 Å². The highest BCUT2D eigenvalue weighted by Crippen LogP contribution is 2.51. The van der Waals surface area contributed by atoms with Crippen LogP contribution in [-0.4, -0.2) is 52.3 Å². The number of benzene rings is 2. The molecule has 5 N–H and O–H groups in total. The highest BCUT2D eigenvalue weighted by Gasteiger charge is 2.42. The first kappa shape index (κ1) is 26.4. The molecule has 3 atom stereocenters. The van der Waals surface area contributed by atoms with Crippen molar-refractivity contribution in [3.63, 3.8) is 0 Å². The highest BCUT2D eigenvalue weighted by molar-refractivity contribution is 6.05. The molecule has 9 heteroatoms. The van der Waals surface area contributed by atoms with Crippen LogP contribution in [0.1, 0.15) is 62.8 Å². The Balaban J connectivity index is 1.52. The van der Waals surface area contributed by atoms with Crippen molar-refractivity contribution in [3.8, 4) is 0 Å². The maximum Gasteiger partial charge on any atom is 0.340 e. The van der Waals surface area contributed by atoms with Gasteiger partial charge in [0.2, 0.25) is 5.91 Å². The maximum absolute atomic E-state index is 13.4. The molecule has 5 rings (SSSR count). The SMILES string of the molecule is CCOC(=O)c1c(C)[nH]c(CC2=Cc3ccccc3C2C2C(=O)Nc3ccc(NC(=O)C(O)CO)cc32)c1C. The van der Waals surface area contributed by atoms with Gasteiger partial charge in [0.1, 0.15) is 0 Å². The molecule has 3 aromatic rings. The number of amides is 2. The zero-order chi connectivity index (χ0) is 27.8. The van der Waals surface area contributed by atoms with Crippen molar-refractivity contribution in [2.24, 2.45) is 0 Å². The van der Waals surface area contributed by atoms with Crippen LogP contribution in [0.5, 0.6) is 0 Å². The minimum absolute atomic E-state index is 0.150. The molecule has 39 heavy (non-hydrogen) atoms. The van der Waals surface area contributed by atoms with E-state index in [1.165, 1.54) is 0 Å². The van der Waals surface area contributed by atoms with Crippen LogP contribution >= 0.6 is 0 Å². The summed E-state index contributed by atoms with van der Waals surface area (Å²) in [5.74, 6) is -2.07. The Morgan fingerprint density at radius 1 is 1.10 bits per heavy atom. The Bertz CT molecular complexity index is 1500. The third kappa shape index (κ3) is 4.75. The van der Waals surface area contributed by atoms with Crippen LogP contribution in [0.2, 0.25) is 0 Å². The van der Waals surface area contributed by atoms with E-state index < -0.39 is 24.5 Å². The van der Waals surface area contributed by atoms with Crippen LogP contribution in [-0.2, 0) is 20.7 Å². The van der Waals surface area contributed by atoms with Crippen molar-refractivity contribution in [1.29, 1.82) is 0 Å². The topological polar surface area (TPSA) is 141 Å². The molecule has 2 heterocycles. The van der Waals surface area contributed by atoms with E-state index in [0.29, 0.717) is 30.0 Å². The Kier molecular flexibility index (Phi) is 7.12. The number of esters is 1. The molecule has 2 aromatic carbocycles. The molecule has 1 aromatic heterocycles. The first-order valence-corrected chi connectivity index (χ1v) is 12.9. The molecule has 2 aliphatic rings. The minimum Gasteiger partial charge on any atom is -0.462 e. The molecule has 0 bridgehead atoms. The molecule has 0 radical (unpaired) electrons. The fourth-order valence-electron chi connectivity index (χ4n) is 5.68. The summed E-state index contributed by atoms with van der Waals surface area (Å²) >= 11 is 0. The van der Waals surface area contributed by atoms with Gasteiger partial charge in [0.25, 0.3) is 5.91 Å². The number of aromatic amines is 1. The van der Waals surface area contributed by atoms with Crippen LogP contribution in [0.4, 0.5) is 11.4 Å². The number of carbonyl (C=O) groups excluding carboxylic acids is 3. The number of aliphatic hydroxyl groups excluding tert-OH is 2. The molecule has 2 amide bonds. The zero-order valence-corrected chi connectivity index (χ0v) is 22.0. The lowest BCUT2D eigenvalue weighted by atomic mass is 9.78. The predicted molar refractivity (Wildman–Crippen MR) is 147 cm³/mol. The fraction of sp³-hybridized carbons (Fsp3) is 0.300. The average molecular weight is 530 g/mol. The van der Waals surface area contributed by atoms with E-state index in [0.717, 1.165) is 39.2 Å². The summed E-state index contributed by atoms with van der Waals surface area (Å²) in [4.78, 5) is 41.5. The van der Waals surface area contributed by atoms with Crippen molar-refractivity contribution in [2.45, 2.75) is 45.1 Å². The Morgan fingerprint density at radius 3 is 2.62 bits per heavy atom. The molecular weight excluding hydrogens is 498 g/mol. The molecule has 0 fully saturated rings. The van der Waals surface area contributed by atoms with E-state index >= 15 is 0 Å². The lowest BCUT2D eigenvalue weighted by molar-refractivity contribution is -0.125. The van der Waals surface area contributed by atoms with Crippen molar-refractivity contribution >= 4 is 35.2 Å². The number of H-pyrrole nitrogens is 1. The molecule has 0 saturated heterocycles. The van der Waals surface area contributed by atoms with Crippen molar-refractivity contribution in [2.75, 3.05) is 23.8 Å². The number of aliphatic hydroxyl groups is 2. The van der Waals surface area contributed by atoms with Crippen molar-refractivity contribution in [1.82, 2.24) is 4.98 Å². The third-order valence-electron chi connectivity index (χ3n) is 7.48. The number of ether oxygens (including phenoxy) is 1. The minimum atomic E-state index is -1.54. The lowest BCUT2D eigenvalue weighted by Crippen LogP contribution is -2.30. The molecule has 9 nitrogen and oxygen atoms in total. The summed E-state index contributed by atoms with van der Waals surface area (Å²) in [7, 11) is 0. The predicted octanol–water partition coefficient (Wildman–Crippen LogP) is 3.56. The van der Waals surface area contributed by atoms with E-state index in [2.05, 4.69) is 21.7 Å². The monoisotopic (exact) mass is 529 g/mol. The summed E-state index contributed by atoms with van der Waals surface area (Å²) in [5.41, 5.74) is 7.87. The van der Waals surface area contributed by atoms with Crippen molar-refractivity contribution < 1.29 is 29.3 Å². The number of aromatic nitrogens is 1. The van der Waals surface area contributed by atoms with Crippen LogP contribution < -0.4 is 10.6 Å². The summed E-state index contributed by atoms with van der Waals surface area (Å²) in [6.07, 6.45) is 1.06. The van der Waals surface area contributed by atoms with Crippen molar-refractivity contribution in [3.05, 3.63) is 87.2 Å². The Morgan fingerprint density at radius 2 is 1.87 bits per heavy atom. The molecule has 0 saturated carbocycles. The van der Waals surface area contributed by atoms with Gasteiger partial charge in [-0.2, -0.15) is 0 Å². The number of fused-ring (bicyclic) bond motifs is 2. The second kappa shape index (κ2) is 10.5. The maximum atomic E-state index is 13.4. The standard InChI is InChI=1S/C30H31N3O6/c1-4-39-30(38)25-15(2)23(31-16(25)3)12-18-11-17-7-5-6-8-20(17)26(18)27-21-13-19(32-28(36)24(35)14-34)9-10-22(21)33-29(27)37/h5-11,13,24,26-27,31,34-35H,4,12,14H2,1-3H3,(H,32,36)(H,33,37). The van der Waals surface area contributed by atoms with Gasteiger partial charge in [-0.3, -0.25) is 9.59 Å². The number of anilines is 2. The van der Waals surface area contributed by atoms with Gasteiger partial charge in [-0.1, -0.05) is 35.9 Å². The molecule has 1 aliphatic heterocycles. The number of carbonyl (C=O) groups is 3. The largest absolute Gasteiger partial charge is 0.462 e. The second-order valence-corrected chi connectivity index (χ2v) is 9.91. The zero-order valence-electron chi connectivity index (χ0n) is 22.0. The lowest BCUT2D eigenvalue weighted by Gasteiger charge is -2.23. The number of hydrogen-bond donors (Lipinski definition) is 5. The Labute approximate surface area is 225 Å². The number of hydrogen-bond acceptors (Lipinski definition) is 6. The van der Waals surface area contributed by atoms with Crippen LogP contribution in [0.3, 0.4) is 0 Å². The number of allylic oxidation sites excluding steroid dienone is 1. The van der Waals surface area contributed by atoms with Gasteiger partial charge in [-0.15, -0.1) is 0 Å². The van der Waals surface area contributed by atoms with Crippen LogP contribution in [0.15, 0.2) is 48.0 Å². The van der Waals surface area contributed by atoms with Gasteiger partial charge in [0.05, 0.1) is 24.7 Å². The summed E-state index contributed by atoms with van der Waals surface area (Å²) in [6, 6.07) is 13.1. The van der Waals surface area contributed by atoms with Crippen LogP contribution in [0, 0.1) is 13.8 Å². The van der Waals surface area contributed by atoms with E-state index in [9.17, 15) is 19.5 Å². The van der Waals surface area contributed by atoms with E-state index in [4.69, 9.17) is 9.84 Å². The molecule has 0 spiro atoms. The smallest absolute Gasteiger partial charge is 0.340 e. The first-order valence-electron chi connectivity index (χ1n) is 12.9. The molecule has 3 unspecified atom stereocenters. The normalized spacial score (nSPS) is 18.2. The second-order valence-electron chi connectivity index (χ2n) is 9.91. The van der Waals surface area contributed by atoms with Gasteiger partial charge in [-0.25, -0.2) is 4.79 Å². The number of rotatable bonds is 8. The van der Waals surface area contributed by atoms with E-state index in [1.807, 2.05) is 38.1 Å². The molecular formula is C30H31N3O6. The van der Waals surface area contributed by atoms with Gasteiger partial charge in [-0.05, 0) is 61.2 Å². The summed E-state index contributed by atoms with van der Waals surface area (Å²) in [6.45, 7) is 5.12. The fourth-order valence-corrected chi connectivity index (χ4v) is 5.68. The van der Waals surface area contributed by atoms with Crippen LogP contribution in [0.25, 0.3) is 6.08 Å². The quantitative estimate of drug-likeness (QED) is 0.283. The number of nitrogens with one attached hydrogen (secondary N) is 3. The third-order valence-corrected chi connectivity index (χ3v) is 7.48. The van der Waals surface area contributed by atoms with Gasteiger partial charge >= 0.3 is 5.97 Å². The summed E-state index contributed by atoms with van der Waals surface area (Å²) < 4.78 is 5.25. The molecule has 1 aliphatic carbocycles. The Hall–Kier alpha value is -4.21.